The lowest BCUT2D eigenvalue weighted by Crippen LogP contribution is -2.49. The molecule has 0 bridgehead atoms. The van der Waals surface area contributed by atoms with E-state index in [0.717, 1.165) is 11.3 Å². The fraction of sp³-hybridized carbons (Fsp3) is 0.273. The maximum atomic E-state index is 13.8. The number of nitrogens with zero attached hydrogens (tertiary/aromatic N) is 4. The Bertz CT molecular complexity index is 1540. The lowest BCUT2D eigenvalue weighted by molar-refractivity contribution is -0.127. The van der Waals surface area contributed by atoms with Crippen molar-refractivity contribution in [3.63, 3.8) is 0 Å². The van der Waals surface area contributed by atoms with E-state index in [4.69, 9.17) is 4.74 Å². The lowest BCUT2D eigenvalue weighted by atomic mass is 10.1. The number of ether oxygens (including phenoxy) is 1. The Kier molecular flexibility index (Phi) is 8.94. The number of hydrogen-bond donors (Lipinski definition) is 0. The van der Waals surface area contributed by atoms with Crippen LogP contribution in [-0.4, -0.2) is 60.7 Å². The zero-order valence-corrected chi connectivity index (χ0v) is 24.5. The molecule has 0 spiro atoms. The number of carbonyl (C=O) groups is 3. The molecule has 2 heterocycles. The highest BCUT2D eigenvalue weighted by molar-refractivity contribution is 8.05. The molecule has 2 saturated heterocycles. The summed E-state index contributed by atoms with van der Waals surface area (Å²) in [7, 11) is 0. The van der Waals surface area contributed by atoms with Gasteiger partial charge in [-0.15, -0.1) is 0 Å². The third-order valence-corrected chi connectivity index (χ3v) is 8.68. The molecule has 5 rings (SSSR count). The SMILES string of the molecule is CCOC(=O)c1ccc(C[C@@H]2S/C(=C(/C#N)C(=O)N3CCN(c4ccccc4C)CC3)N(c3ccccc3)C2=O)cc1. The van der Waals surface area contributed by atoms with Gasteiger partial charge in [0.05, 0.1) is 17.4 Å². The van der Waals surface area contributed by atoms with E-state index in [1.54, 1.807) is 48.2 Å². The molecule has 2 fully saturated rings. The first-order valence-electron chi connectivity index (χ1n) is 14.0. The van der Waals surface area contributed by atoms with Crippen molar-refractivity contribution in [2.24, 2.45) is 0 Å². The van der Waals surface area contributed by atoms with Crippen LogP contribution >= 0.6 is 11.8 Å². The minimum absolute atomic E-state index is 0.0262. The second-order valence-electron chi connectivity index (χ2n) is 10.1. The summed E-state index contributed by atoms with van der Waals surface area (Å²) in [5.74, 6) is -0.953. The molecule has 0 N–H and O–H groups in total. The summed E-state index contributed by atoms with van der Waals surface area (Å²) < 4.78 is 5.06. The molecule has 0 aromatic heterocycles. The first kappa shape index (κ1) is 29.0. The van der Waals surface area contributed by atoms with E-state index in [0.29, 0.717) is 55.5 Å². The van der Waals surface area contributed by atoms with Crippen molar-refractivity contribution in [3.8, 4) is 6.07 Å². The van der Waals surface area contributed by atoms with Gasteiger partial charge in [-0.05, 0) is 61.7 Å². The molecule has 9 heteroatoms. The van der Waals surface area contributed by atoms with Gasteiger partial charge in [0.25, 0.3) is 5.91 Å². The summed E-state index contributed by atoms with van der Waals surface area (Å²) in [6, 6.07) is 26.4. The van der Waals surface area contributed by atoms with Crippen molar-refractivity contribution in [1.29, 1.82) is 5.26 Å². The third-order valence-electron chi connectivity index (χ3n) is 7.42. The van der Waals surface area contributed by atoms with Crippen LogP contribution in [0.1, 0.15) is 28.4 Å². The smallest absolute Gasteiger partial charge is 0.338 e. The van der Waals surface area contributed by atoms with Gasteiger partial charge in [0, 0.05) is 37.6 Å². The summed E-state index contributed by atoms with van der Waals surface area (Å²) in [6.07, 6.45) is 0.376. The highest BCUT2D eigenvalue weighted by Crippen LogP contribution is 2.42. The number of esters is 1. The Labute approximate surface area is 250 Å². The van der Waals surface area contributed by atoms with Gasteiger partial charge >= 0.3 is 5.97 Å². The highest BCUT2D eigenvalue weighted by atomic mass is 32.2. The van der Waals surface area contributed by atoms with Gasteiger partial charge in [0.15, 0.2) is 0 Å². The van der Waals surface area contributed by atoms with E-state index in [9.17, 15) is 19.6 Å². The Hall–Kier alpha value is -4.55. The number of thioether (sulfide) groups is 1. The van der Waals surface area contributed by atoms with Gasteiger partial charge in [0.2, 0.25) is 5.91 Å². The fourth-order valence-corrected chi connectivity index (χ4v) is 6.53. The standard InChI is InChI=1S/C33H32N4O4S/c1-3-41-33(40)25-15-13-24(14-16-25)21-29-31(39)37(26-10-5-4-6-11-26)32(42-29)27(22-34)30(38)36-19-17-35(18-20-36)28-12-8-7-9-23(28)2/h4-16,29H,3,17-21H2,1-2H3/b32-27-/t29-/m0/s1. The van der Waals surface area contributed by atoms with Crippen LogP contribution in [0.4, 0.5) is 11.4 Å². The molecule has 0 aliphatic carbocycles. The monoisotopic (exact) mass is 580 g/mol. The van der Waals surface area contributed by atoms with Crippen LogP contribution in [0.15, 0.2) is 89.5 Å². The number of rotatable bonds is 7. The molecule has 3 aromatic rings. The molecule has 0 unspecified atom stereocenters. The zero-order valence-electron chi connectivity index (χ0n) is 23.7. The Balaban J connectivity index is 1.38. The van der Waals surface area contributed by atoms with Gasteiger partial charge < -0.3 is 14.5 Å². The van der Waals surface area contributed by atoms with Crippen molar-refractivity contribution in [2.45, 2.75) is 25.5 Å². The zero-order chi connectivity index (χ0) is 29.6. The molecule has 2 amide bonds. The quantitative estimate of drug-likeness (QED) is 0.222. The molecule has 3 aromatic carbocycles. The molecule has 8 nitrogen and oxygen atoms in total. The maximum Gasteiger partial charge on any atom is 0.338 e. The molecular formula is C33H32N4O4S. The van der Waals surface area contributed by atoms with Crippen molar-refractivity contribution in [1.82, 2.24) is 4.90 Å². The average molecular weight is 581 g/mol. The highest BCUT2D eigenvalue weighted by Gasteiger charge is 2.41. The number of aryl methyl sites for hydroxylation is 1. The van der Waals surface area contributed by atoms with E-state index in [1.165, 1.54) is 22.2 Å². The van der Waals surface area contributed by atoms with Crippen molar-refractivity contribution in [3.05, 3.63) is 106 Å². The summed E-state index contributed by atoms with van der Waals surface area (Å²) in [5, 5.41) is 10.1. The summed E-state index contributed by atoms with van der Waals surface area (Å²) in [5.41, 5.74) is 4.21. The number of benzene rings is 3. The van der Waals surface area contributed by atoms with Crippen LogP contribution in [-0.2, 0) is 20.7 Å². The molecule has 2 aliphatic rings. The molecule has 214 valence electrons. The van der Waals surface area contributed by atoms with Crippen LogP contribution in [0.2, 0.25) is 0 Å². The average Bonchev–Trinajstić information content (AvgIpc) is 3.33. The Morgan fingerprint density at radius 1 is 0.952 bits per heavy atom. The second-order valence-corrected chi connectivity index (χ2v) is 11.3. The number of amides is 2. The summed E-state index contributed by atoms with van der Waals surface area (Å²) in [4.78, 5) is 45.1. The van der Waals surface area contributed by atoms with Crippen LogP contribution in [0.5, 0.6) is 0 Å². The normalized spacial score (nSPS) is 18.1. The van der Waals surface area contributed by atoms with E-state index >= 15 is 0 Å². The Morgan fingerprint density at radius 3 is 2.26 bits per heavy atom. The van der Waals surface area contributed by atoms with Gasteiger partial charge in [-0.25, -0.2) is 4.79 Å². The van der Waals surface area contributed by atoms with Crippen LogP contribution < -0.4 is 9.80 Å². The van der Waals surface area contributed by atoms with Crippen molar-refractivity contribution in [2.75, 3.05) is 42.6 Å². The Morgan fingerprint density at radius 2 is 1.62 bits per heavy atom. The number of nitriles is 1. The van der Waals surface area contributed by atoms with Crippen LogP contribution in [0, 0.1) is 18.3 Å². The number of carbonyl (C=O) groups excluding carboxylic acids is 3. The third kappa shape index (κ3) is 6.04. The lowest BCUT2D eigenvalue weighted by Gasteiger charge is -2.37. The molecule has 1 atom stereocenters. The van der Waals surface area contributed by atoms with Gasteiger partial charge in [-0.1, -0.05) is 60.3 Å². The largest absolute Gasteiger partial charge is 0.462 e. The number of para-hydroxylation sites is 2. The molecular weight excluding hydrogens is 548 g/mol. The van der Waals surface area contributed by atoms with Gasteiger partial charge in [0.1, 0.15) is 16.7 Å². The first-order valence-corrected chi connectivity index (χ1v) is 14.8. The van der Waals surface area contributed by atoms with Crippen molar-refractivity contribution < 1.29 is 19.1 Å². The van der Waals surface area contributed by atoms with Gasteiger partial charge in [-0.3, -0.25) is 14.5 Å². The second kappa shape index (κ2) is 13.0. The summed E-state index contributed by atoms with van der Waals surface area (Å²) in [6.45, 7) is 6.39. The van der Waals surface area contributed by atoms with E-state index in [-0.39, 0.29) is 17.4 Å². The predicted molar refractivity (Wildman–Crippen MR) is 164 cm³/mol. The molecule has 42 heavy (non-hydrogen) atoms. The minimum atomic E-state index is -0.539. The number of piperazine rings is 1. The number of anilines is 2. The minimum Gasteiger partial charge on any atom is -0.462 e. The van der Waals surface area contributed by atoms with Crippen molar-refractivity contribution >= 4 is 40.9 Å². The predicted octanol–water partition coefficient (Wildman–Crippen LogP) is 4.95. The molecule has 2 aliphatic heterocycles. The first-order chi connectivity index (χ1) is 20.4. The topological polar surface area (TPSA) is 93.9 Å². The number of hydrogen-bond acceptors (Lipinski definition) is 7. The van der Waals surface area contributed by atoms with E-state index in [1.807, 2.05) is 30.3 Å². The van der Waals surface area contributed by atoms with E-state index in [2.05, 4.69) is 30.0 Å². The molecule has 0 saturated carbocycles. The van der Waals surface area contributed by atoms with Crippen LogP contribution in [0.25, 0.3) is 0 Å². The summed E-state index contributed by atoms with van der Waals surface area (Å²) >= 11 is 1.24. The van der Waals surface area contributed by atoms with Crippen LogP contribution in [0.3, 0.4) is 0 Å². The fourth-order valence-electron chi connectivity index (χ4n) is 5.22. The maximum absolute atomic E-state index is 13.8. The van der Waals surface area contributed by atoms with E-state index < -0.39 is 11.2 Å². The van der Waals surface area contributed by atoms with Gasteiger partial charge in [-0.2, -0.15) is 5.26 Å². The molecule has 0 radical (unpaired) electrons.